The van der Waals surface area contributed by atoms with E-state index in [-0.39, 0.29) is 0 Å². The number of rotatable bonds is 0. The normalized spacial score (nSPS) is 56.2. The van der Waals surface area contributed by atoms with Crippen LogP contribution in [0.25, 0.3) is 0 Å². The van der Waals surface area contributed by atoms with Gasteiger partial charge in [0, 0.05) is 0 Å². The second-order valence-electron chi connectivity index (χ2n) is 5.97. The van der Waals surface area contributed by atoms with Crippen molar-refractivity contribution < 1.29 is 0 Å². The molecular formula is C12H22. The first-order chi connectivity index (χ1) is 5.40. The van der Waals surface area contributed by atoms with Crippen LogP contribution in [0.5, 0.6) is 0 Å². The van der Waals surface area contributed by atoms with Crippen molar-refractivity contribution in [3.63, 3.8) is 0 Å². The summed E-state index contributed by atoms with van der Waals surface area (Å²) in [5.74, 6) is 2.90. The zero-order valence-electron chi connectivity index (χ0n) is 9.15. The van der Waals surface area contributed by atoms with E-state index >= 15 is 0 Å². The van der Waals surface area contributed by atoms with Gasteiger partial charge in [0.2, 0.25) is 0 Å². The highest BCUT2D eigenvalue weighted by atomic mass is 14.7. The van der Waals surface area contributed by atoms with Crippen molar-refractivity contribution in [2.45, 2.75) is 47.5 Å². The van der Waals surface area contributed by atoms with E-state index < -0.39 is 0 Å². The van der Waals surface area contributed by atoms with Crippen LogP contribution in [0.2, 0.25) is 0 Å². The van der Waals surface area contributed by atoms with Crippen molar-refractivity contribution in [2.24, 2.45) is 28.6 Å². The first-order valence-corrected chi connectivity index (χ1v) is 5.40. The molecule has 0 nitrogen and oxygen atoms in total. The molecular weight excluding hydrogens is 144 g/mol. The topological polar surface area (TPSA) is 0 Å². The zero-order chi connectivity index (χ0) is 9.15. The van der Waals surface area contributed by atoms with Crippen LogP contribution in [0.15, 0.2) is 0 Å². The van der Waals surface area contributed by atoms with Gasteiger partial charge in [-0.15, -0.1) is 0 Å². The van der Waals surface area contributed by atoms with Crippen LogP contribution in [0.1, 0.15) is 47.5 Å². The largest absolute Gasteiger partial charge is 0.0619 e. The number of fused-ring (bicyclic) bond motifs is 2. The Morgan fingerprint density at radius 1 is 0.917 bits per heavy atom. The molecule has 0 heterocycles. The minimum absolute atomic E-state index is 0.603. The molecule has 70 valence electrons. The number of hydrogen-bond donors (Lipinski definition) is 0. The highest BCUT2D eigenvalue weighted by molar-refractivity contribution is 5.11. The van der Waals surface area contributed by atoms with Crippen molar-refractivity contribution in [2.75, 3.05) is 0 Å². The third-order valence-electron chi connectivity index (χ3n) is 5.73. The van der Waals surface area contributed by atoms with Crippen LogP contribution < -0.4 is 0 Å². The van der Waals surface area contributed by atoms with E-state index in [1.165, 1.54) is 12.8 Å². The molecule has 2 unspecified atom stereocenters. The molecule has 0 aromatic carbocycles. The average molecular weight is 166 g/mol. The Kier molecular flexibility index (Phi) is 1.49. The monoisotopic (exact) mass is 166 g/mol. The summed E-state index contributed by atoms with van der Waals surface area (Å²) in [5, 5.41) is 0. The molecule has 0 radical (unpaired) electrons. The van der Waals surface area contributed by atoms with E-state index in [2.05, 4.69) is 34.6 Å². The molecule has 0 N–H and O–H groups in total. The van der Waals surface area contributed by atoms with Gasteiger partial charge in [-0.25, -0.2) is 0 Å². The maximum absolute atomic E-state index is 2.52. The third kappa shape index (κ3) is 0.661. The molecule has 0 saturated heterocycles. The molecule has 2 atom stereocenters. The lowest BCUT2D eigenvalue weighted by atomic mass is 9.63. The molecule has 12 heavy (non-hydrogen) atoms. The molecule has 2 aliphatic rings. The second-order valence-corrected chi connectivity index (χ2v) is 5.97. The molecule has 2 aliphatic carbocycles. The van der Waals surface area contributed by atoms with Gasteiger partial charge in [0.25, 0.3) is 0 Å². The lowest BCUT2D eigenvalue weighted by Gasteiger charge is -2.41. The van der Waals surface area contributed by atoms with Crippen molar-refractivity contribution in [3.05, 3.63) is 0 Å². The molecule has 2 bridgehead atoms. The molecule has 0 aliphatic heterocycles. The maximum Gasteiger partial charge on any atom is -0.0220 e. The summed E-state index contributed by atoms with van der Waals surface area (Å²) in [6.45, 7) is 12.4. The minimum atomic E-state index is 0.603. The third-order valence-corrected chi connectivity index (χ3v) is 5.73. The van der Waals surface area contributed by atoms with E-state index in [0.29, 0.717) is 10.8 Å². The van der Waals surface area contributed by atoms with Gasteiger partial charge >= 0.3 is 0 Å². The maximum atomic E-state index is 2.52. The van der Waals surface area contributed by atoms with Gasteiger partial charge < -0.3 is 0 Å². The lowest BCUT2D eigenvalue weighted by Crippen LogP contribution is -2.35. The first-order valence-electron chi connectivity index (χ1n) is 5.40. The van der Waals surface area contributed by atoms with Crippen LogP contribution in [0.4, 0.5) is 0 Å². The summed E-state index contributed by atoms with van der Waals surface area (Å²) < 4.78 is 0. The van der Waals surface area contributed by atoms with Gasteiger partial charge in [-0.3, -0.25) is 0 Å². The Morgan fingerprint density at radius 3 is 1.50 bits per heavy atom. The minimum Gasteiger partial charge on any atom is -0.0619 e. The summed E-state index contributed by atoms with van der Waals surface area (Å²) in [4.78, 5) is 0. The summed E-state index contributed by atoms with van der Waals surface area (Å²) in [5.41, 5.74) is 1.23. The Labute approximate surface area is 76.7 Å². The smallest absolute Gasteiger partial charge is 0.0220 e. The summed E-state index contributed by atoms with van der Waals surface area (Å²) >= 11 is 0. The molecule has 0 aromatic heterocycles. The molecule has 0 spiro atoms. The Balaban J connectivity index is 2.44. The fourth-order valence-electron chi connectivity index (χ4n) is 4.22. The second kappa shape index (κ2) is 2.08. The van der Waals surface area contributed by atoms with Crippen LogP contribution in [0.3, 0.4) is 0 Å². The first kappa shape index (κ1) is 8.59. The summed E-state index contributed by atoms with van der Waals surface area (Å²) in [7, 11) is 0. The van der Waals surface area contributed by atoms with E-state index in [9.17, 15) is 0 Å². The Bertz CT molecular complexity index is 190. The van der Waals surface area contributed by atoms with Crippen molar-refractivity contribution in [3.8, 4) is 0 Å². The van der Waals surface area contributed by atoms with E-state index in [1.54, 1.807) is 0 Å². The lowest BCUT2D eigenvalue weighted by molar-refractivity contribution is 0.0663. The molecule has 0 aromatic rings. The van der Waals surface area contributed by atoms with Crippen LogP contribution in [-0.4, -0.2) is 0 Å². The van der Waals surface area contributed by atoms with E-state index in [4.69, 9.17) is 0 Å². The van der Waals surface area contributed by atoms with Gasteiger partial charge in [0.05, 0.1) is 0 Å². The standard InChI is InChI=1S/C12H22/c1-8-6-10-7-9(2)12(8,5)11(10,3)4/h8-10H,6-7H2,1-5H3. The van der Waals surface area contributed by atoms with Gasteiger partial charge in [-0.1, -0.05) is 34.6 Å². The van der Waals surface area contributed by atoms with Gasteiger partial charge in [0.1, 0.15) is 0 Å². The summed E-state index contributed by atoms with van der Waals surface area (Å²) in [6, 6.07) is 0. The summed E-state index contributed by atoms with van der Waals surface area (Å²) in [6.07, 6.45) is 2.96. The Hall–Kier alpha value is 0. The molecule has 2 saturated carbocycles. The van der Waals surface area contributed by atoms with Crippen molar-refractivity contribution >= 4 is 0 Å². The predicted molar refractivity (Wildman–Crippen MR) is 52.9 cm³/mol. The molecule has 0 amide bonds. The fraction of sp³-hybridized carbons (Fsp3) is 1.00. The van der Waals surface area contributed by atoms with Gasteiger partial charge in [-0.2, -0.15) is 0 Å². The molecule has 2 fully saturated rings. The molecule has 2 rings (SSSR count). The van der Waals surface area contributed by atoms with E-state index in [0.717, 1.165) is 17.8 Å². The van der Waals surface area contributed by atoms with E-state index in [1.807, 2.05) is 0 Å². The fourth-order valence-corrected chi connectivity index (χ4v) is 4.22. The average Bonchev–Trinajstić information content (AvgIpc) is 2.20. The van der Waals surface area contributed by atoms with Crippen LogP contribution >= 0.6 is 0 Å². The van der Waals surface area contributed by atoms with Gasteiger partial charge in [-0.05, 0) is 41.4 Å². The van der Waals surface area contributed by atoms with Crippen molar-refractivity contribution in [1.29, 1.82) is 0 Å². The van der Waals surface area contributed by atoms with Crippen molar-refractivity contribution in [1.82, 2.24) is 0 Å². The molecule has 0 heteroatoms. The highest BCUT2D eigenvalue weighted by Gasteiger charge is 2.62. The zero-order valence-corrected chi connectivity index (χ0v) is 9.15. The predicted octanol–water partition coefficient (Wildman–Crippen LogP) is 3.71. The van der Waals surface area contributed by atoms with Gasteiger partial charge in [0.15, 0.2) is 0 Å². The number of hydrogen-bond acceptors (Lipinski definition) is 0. The quantitative estimate of drug-likeness (QED) is 0.514. The highest BCUT2D eigenvalue weighted by Crippen LogP contribution is 2.70. The SMILES string of the molecule is CC1CC2CC(C)C1(C)C2(C)C. The van der Waals surface area contributed by atoms with Crippen LogP contribution in [-0.2, 0) is 0 Å². The Morgan fingerprint density at radius 2 is 1.33 bits per heavy atom. The van der Waals surface area contributed by atoms with Crippen LogP contribution in [0, 0.1) is 28.6 Å².